The van der Waals surface area contributed by atoms with Gasteiger partial charge in [-0.2, -0.15) is 4.52 Å². The molecule has 2 fully saturated rings. The first-order chi connectivity index (χ1) is 15.3. The van der Waals surface area contributed by atoms with Crippen LogP contribution >= 0.6 is 0 Å². The normalized spacial score (nSPS) is 19.6. The third kappa shape index (κ3) is 3.53. The Morgan fingerprint density at radius 1 is 1.03 bits per heavy atom. The maximum atomic E-state index is 13.9. The SMILES string of the molecule is Fc1cccc(-c2nc3c4c(C5CC5)cccc4nc(N[C@@H]4CCCCNC4)n3n2)c1. The third-order valence-electron chi connectivity index (χ3n) is 6.31. The van der Waals surface area contributed by atoms with E-state index in [1.54, 1.807) is 6.07 Å². The van der Waals surface area contributed by atoms with Crippen LogP contribution in [0.5, 0.6) is 0 Å². The van der Waals surface area contributed by atoms with Crippen molar-refractivity contribution in [3.63, 3.8) is 0 Å². The van der Waals surface area contributed by atoms with Crippen molar-refractivity contribution in [2.75, 3.05) is 18.4 Å². The van der Waals surface area contributed by atoms with Gasteiger partial charge in [-0.15, -0.1) is 5.10 Å². The van der Waals surface area contributed by atoms with Gasteiger partial charge in [-0.05, 0) is 61.9 Å². The van der Waals surface area contributed by atoms with Crippen LogP contribution in [0.1, 0.15) is 43.6 Å². The Labute approximate surface area is 179 Å². The van der Waals surface area contributed by atoms with Crippen molar-refractivity contribution in [1.29, 1.82) is 0 Å². The average molecular weight is 417 g/mol. The maximum Gasteiger partial charge on any atom is 0.226 e. The van der Waals surface area contributed by atoms with Crippen molar-refractivity contribution >= 4 is 22.5 Å². The highest BCUT2D eigenvalue weighted by atomic mass is 19.1. The fourth-order valence-electron chi connectivity index (χ4n) is 4.58. The lowest BCUT2D eigenvalue weighted by atomic mass is 10.1. The predicted octanol–water partition coefficient (Wildman–Crippen LogP) is 4.52. The number of benzene rings is 2. The summed E-state index contributed by atoms with van der Waals surface area (Å²) in [5.41, 5.74) is 3.67. The Morgan fingerprint density at radius 2 is 1.94 bits per heavy atom. The fourth-order valence-corrected chi connectivity index (χ4v) is 4.58. The van der Waals surface area contributed by atoms with Gasteiger partial charge in [0.05, 0.1) is 5.52 Å². The maximum absolute atomic E-state index is 13.9. The zero-order chi connectivity index (χ0) is 20.8. The minimum atomic E-state index is -0.291. The van der Waals surface area contributed by atoms with E-state index in [1.165, 1.54) is 43.4 Å². The summed E-state index contributed by atoms with van der Waals surface area (Å²) in [6, 6.07) is 13.1. The van der Waals surface area contributed by atoms with Gasteiger partial charge in [-0.25, -0.2) is 14.4 Å². The minimum absolute atomic E-state index is 0.282. The van der Waals surface area contributed by atoms with Crippen LogP contribution in [0.4, 0.5) is 10.3 Å². The zero-order valence-corrected chi connectivity index (χ0v) is 17.3. The highest BCUT2D eigenvalue weighted by molar-refractivity contribution is 5.96. The predicted molar refractivity (Wildman–Crippen MR) is 120 cm³/mol. The summed E-state index contributed by atoms with van der Waals surface area (Å²) >= 11 is 0. The van der Waals surface area contributed by atoms with E-state index in [9.17, 15) is 4.39 Å². The van der Waals surface area contributed by atoms with E-state index in [4.69, 9.17) is 15.1 Å². The molecular weight excluding hydrogens is 391 g/mol. The van der Waals surface area contributed by atoms with Gasteiger partial charge in [-0.1, -0.05) is 30.7 Å². The Balaban J connectivity index is 1.54. The summed E-state index contributed by atoms with van der Waals surface area (Å²) in [6.07, 6.45) is 5.85. The molecule has 0 amide bonds. The number of halogens is 1. The second kappa shape index (κ2) is 7.57. The number of nitrogens with one attached hydrogen (secondary N) is 2. The van der Waals surface area contributed by atoms with E-state index in [-0.39, 0.29) is 11.9 Å². The van der Waals surface area contributed by atoms with E-state index >= 15 is 0 Å². The molecule has 0 radical (unpaired) electrons. The molecule has 158 valence electrons. The lowest BCUT2D eigenvalue weighted by molar-refractivity contribution is 0.627. The summed E-state index contributed by atoms with van der Waals surface area (Å²) in [5.74, 6) is 1.48. The fraction of sp³-hybridized carbons (Fsp3) is 0.375. The molecular formula is C24H25FN6. The summed E-state index contributed by atoms with van der Waals surface area (Å²) in [5, 5.41) is 12.9. The number of anilines is 1. The Bertz CT molecular complexity index is 1250. The monoisotopic (exact) mass is 416 g/mol. The van der Waals surface area contributed by atoms with Gasteiger partial charge in [0, 0.05) is 23.5 Å². The van der Waals surface area contributed by atoms with E-state index < -0.39 is 0 Å². The van der Waals surface area contributed by atoms with Crippen molar-refractivity contribution in [2.45, 2.75) is 44.1 Å². The van der Waals surface area contributed by atoms with Crippen molar-refractivity contribution < 1.29 is 4.39 Å². The van der Waals surface area contributed by atoms with Gasteiger partial charge in [0.2, 0.25) is 5.95 Å². The van der Waals surface area contributed by atoms with Gasteiger partial charge in [0.15, 0.2) is 11.5 Å². The molecule has 2 aliphatic rings. The third-order valence-corrected chi connectivity index (χ3v) is 6.31. The van der Waals surface area contributed by atoms with Crippen LogP contribution in [0.15, 0.2) is 42.5 Å². The molecule has 31 heavy (non-hydrogen) atoms. The molecule has 7 heteroatoms. The number of fused-ring (bicyclic) bond motifs is 3. The quantitative estimate of drug-likeness (QED) is 0.512. The highest BCUT2D eigenvalue weighted by Crippen LogP contribution is 2.44. The molecule has 1 aliphatic carbocycles. The van der Waals surface area contributed by atoms with Crippen LogP contribution in [0.2, 0.25) is 0 Å². The second-order valence-electron chi connectivity index (χ2n) is 8.67. The smallest absolute Gasteiger partial charge is 0.226 e. The molecule has 2 N–H and O–H groups in total. The Hall–Kier alpha value is -3.06. The van der Waals surface area contributed by atoms with Crippen LogP contribution in [0, 0.1) is 5.82 Å². The number of rotatable bonds is 4. The number of aromatic nitrogens is 4. The molecule has 3 heterocycles. The first-order valence-corrected chi connectivity index (χ1v) is 11.2. The van der Waals surface area contributed by atoms with Crippen LogP contribution in [-0.2, 0) is 0 Å². The molecule has 6 rings (SSSR count). The molecule has 0 bridgehead atoms. The molecule has 6 nitrogen and oxygen atoms in total. The van der Waals surface area contributed by atoms with Crippen LogP contribution in [-0.4, -0.2) is 38.7 Å². The molecule has 2 aromatic carbocycles. The van der Waals surface area contributed by atoms with Crippen LogP contribution < -0.4 is 10.6 Å². The Morgan fingerprint density at radius 3 is 2.81 bits per heavy atom. The van der Waals surface area contributed by atoms with Gasteiger partial charge < -0.3 is 10.6 Å². The molecule has 4 aromatic rings. The van der Waals surface area contributed by atoms with E-state index in [0.29, 0.717) is 23.3 Å². The number of hydrogen-bond donors (Lipinski definition) is 2. The summed E-state index contributed by atoms with van der Waals surface area (Å²) in [4.78, 5) is 9.86. The molecule has 0 unspecified atom stereocenters. The molecule has 1 saturated heterocycles. The topological polar surface area (TPSA) is 67.1 Å². The van der Waals surface area contributed by atoms with Gasteiger partial charge in [-0.3, -0.25) is 0 Å². The molecule has 2 aromatic heterocycles. The number of hydrogen-bond acceptors (Lipinski definition) is 5. The zero-order valence-electron chi connectivity index (χ0n) is 17.3. The van der Waals surface area contributed by atoms with Crippen molar-refractivity contribution in [3.8, 4) is 11.4 Å². The lowest BCUT2D eigenvalue weighted by Crippen LogP contribution is -2.32. The van der Waals surface area contributed by atoms with Crippen molar-refractivity contribution in [3.05, 3.63) is 53.8 Å². The van der Waals surface area contributed by atoms with Crippen molar-refractivity contribution in [2.24, 2.45) is 0 Å². The highest BCUT2D eigenvalue weighted by Gasteiger charge is 2.28. The van der Waals surface area contributed by atoms with Crippen molar-refractivity contribution in [1.82, 2.24) is 24.9 Å². The molecule has 1 atom stereocenters. The van der Waals surface area contributed by atoms with E-state index in [0.717, 1.165) is 36.1 Å². The van der Waals surface area contributed by atoms with Crippen LogP contribution in [0.25, 0.3) is 27.9 Å². The summed E-state index contributed by atoms with van der Waals surface area (Å²) in [6.45, 7) is 1.95. The standard InChI is InChI=1S/C24H25FN6/c25-17-6-3-5-16(13-17)22-29-23-21-19(15-10-11-15)8-4-9-20(21)28-24(31(23)30-22)27-18-7-1-2-12-26-14-18/h3-6,8-9,13,15,18,26H,1-2,7,10-12,14H2,(H,27,28)/t18-/m1/s1. The molecule has 0 spiro atoms. The number of nitrogens with zero attached hydrogens (tertiary/aromatic N) is 4. The Kier molecular flexibility index (Phi) is 4.56. The largest absolute Gasteiger partial charge is 0.350 e. The first kappa shape index (κ1) is 18.7. The van der Waals surface area contributed by atoms with Crippen LogP contribution in [0.3, 0.4) is 0 Å². The average Bonchev–Trinajstić information content (AvgIpc) is 3.57. The van der Waals surface area contributed by atoms with Gasteiger partial charge in [0.1, 0.15) is 5.82 Å². The van der Waals surface area contributed by atoms with E-state index in [2.05, 4.69) is 22.8 Å². The van der Waals surface area contributed by atoms with E-state index in [1.807, 2.05) is 16.6 Å². The summed E-state index contributed by atoms with van der Waals surface area (Å²) in [7, 11) is 0. The van der Waals surface area contributed by atoms with Gasteiger partial charge >= 0.3 is 0 Å². The minimum Gasteiger partial charge on any atom is -0.350 e. The first-order valence-electron chi connectivity index (χ1n) is 11.2. The molecule has 1 saturated carbocycles. The van der Waals surface area contributed by atoms with Gasteiger partial charge in [0.25, 0.3) is 0 Å². The molecule has 1 aliphatic heterocycles. The second-order valence-corrected chi connectivity index (χ2v) is 8.67. The summed E-state index contributed by atoms with van der Waals surface area (Å²) < 4.78 is 15.7. The lowest BCUT2D eigenvalue weighted by Gasteiger charge is -2.18.